The topological polar surface area (TPSA) is 131 Å². The molecule has 11 heteroatoms. The lowest BCUT2D eigenvalue weighted by Crippen LogP contribution is -2.41. The van der Waals surface area contributed by atoms with Gasteiger partial charge in [0.05, 0.1) is 12.0 Å². The molecule has 2 unspecified atom stereocenters. The number of unbranched alkanes of at least 4 members (excludes halogenated alkanes) is 2. The average Bonchev–Trinajstić information content (AvgIpc) is 3.19. The number of hydrogen-bond acceptors (Lipinski definition) is 7. The zero-order valence-electron chi connectivity index (χ0n) is 20.2. The molecule has 10 nitrogen and oxygen atoms in total. The molecule has 1 fully saturated rings. The highest BCUT2D eigenvalue weighted by Gasteiger charge is 2.45. The summed E-state index contributed by atoms with van der Waals surface area (Å²) >= 11 is 0. The van der Waals surface area contributed by atoms with Crippen LogP contribution in [0.15, 0.2) is 35.2 Å². The third-order valence-electron chi connectivity index (χ3n) is 5.19. The van der Waals surface area contributed by atoms with E-state index in [0.29, 0.717) is 19.4 Å². The Morgan fingerprint density at radius 1 is 1.09 bits per heavy atom. The van der Waals surface area contributed by atoms with Crippen LogP contribution in [0.4, 0.5) is 4.79 Å². The number of carbonyl (C=O) groups is 3. The van der Waals surface area contributed by atoms with Crippen molar-refractivity contribution >= 4 is 28.0 Å². The fourth-order valence-corrected chi connectivity index (χ4v) is 5.30. The van der Waals surface area contributed by atoms with Gasteiger partial charge in [-0.1, -0.05) is 24.6 Å². The van der Waals surface area contributed by atoms with Gasteiger partial charge in [-0.05, 0) is 52.2 Å². The zero-order chi connectivity index (χ0) is 25.4. The number of methoxy groups -OCH3 is 1. The Hall–Kier alpha value is -2.66. The molecular formula is C23H35N3O7S. The third-order valence-corrected chi connectivity index (χ3v) is 7.08. The van der Waals surface area contributed by atoms with E-state index in [9.17, 15) is 22.8 Å². The van der Waals surface area contributed by atoms with E-state index in [4.69, 9.17) is 9.47 Å². The Balaban J connectivity index is 1.81. The first-order chi connectivity index (χ1) is 15.9. The van der Waals surface area contributed by atoms with Crippen molar-refractivity contribution < 1.29 is 32.3 Å². The van der Waals surface area contributed by atoms with Crippen molar-refractivity contribution in [1.82, 2.24) is 14.9 Å². The highest BCUT2D eigenvalue weighted by Crippen LogP contribution is 2.27. The Morgan fingerprint density at radius 2 is 1.76 bits per heavy atom. The summed E-state index contributed by atoms with van der Waals surface area (Å²) in [5.74, 6) is -0.874. The highest BCUT2D eigenvalue weighted by molar-refractivity contribution is 7.89. The number of carbonyl (C=O) groups excluding carboxylic acids is 3. The average molecular weight is 498 g/mol. The molecular weight excluding hydrogens is 462 g/mol. The van der Waals surface area contributed by atoms with Crippen molar-refractivity contribution in [3.63, 3.8) is 0 Å². The number of rotatable bonds is 10. The molecule has 1 heterocycles. The third kappa shape index (κ3) is 8.28. The van der Waals surface area contributed by atoms with Gasteiger partial charge in [0.15, 0.2) is 0 Å². The highest BCUT2D eigenvalue weighted by atomic mass is 32.2. The van der Waals surface area contributed by atoms with E-state index in [1.165, 1.54) is 19.2 Å². The molecule has 1 saturated heterocycles. The summed E-state index contributed by atoms with van der Waals surface area (Å²) in [5.41, 5.74) is -0.550. The molecule has 0 bridgehead atoms. The molecule has 1 aliphatic rings. The van der Waals surface area contributed by atoms with Gasteiger partial charge in [-0.3, -0.25) is 9.59 Å². The number of hydrogen-bond donors (Lipinski definition) is 2. The fourth-order valence-electron chi connectivity index (χ4n) is 3.65. The minimum Gasteiger partial charge on any atom is -0.468 e. The summed E-state index contributed by atoms with van der Waals surface area (Å²) in [6.45, 7) is 5.81. The second-order valence-electron chi connectivity index (χ2n) is 9.17. The summed E-state index contributed by atoms with van der Waals surface area (Å²) in [6, 6.07) is 6.36. The van der Waals surface area contributed by atoms with Crippen molar-refractivity contribution in [3.05, 3.63) is 30.3 Å². The zero-order valence-corrected chi connectivity index (χ0v) is 21.0. The van der Waals surface area contributed by atoms with Crippen LogP contribution in [0.2, 0.25) is 0 Å². The molecule has 0 aliphatic carbocycles. The van der Waals surface area contributed by atoms with Gasteiger partial charge in [-0.25, -0.2) is 13.2 Å². The van der Waals surface area contributed by atoms with Gasteiger partial charge in [0.1, 0.15) is 11.6 Å². The second kappa shape index (κ2) is 12.2. The number of ether oxygens (including phenoxy) is 2. The summed E-state index contributed by atoms with van der Waals surface area (Å²) in [5, 5.41) is 5.51. The van der Waals surface area contributed by atoms with E-state index >= 15 is 0 Å². The number of nitrogens with zero attached hydrogens (tertiary/aromatic N) is 1. The maximum absolute atomic E-state index is 13.1. The molecule has 1 aromatic rings. The standard InChI is InChI=1S/C23H35N3O7S/c1-23(2,3)33-22(29)24-14-10-6-9-13-20(27)25-17-15-19(21(28)32-4)26(16-17)34(30,31)18-11-7-5-8-12-18/h5,7-8,11-12,17,19H,6,9-10,13-16H2,1-4H3,(H,24,29)(H,25,27). The van der Waals surface area contributed by atoms with Gasteiger partial charge < -0.3 is 20.1 Å². The van der Waals surface area contributed by atoms with Crippen LogP contribution in [0.5, 0.6) is 0 Å². The van der Waals surface area contributed by atoms with Gasteiger partial charge in [0, 0.05) is 25.6 Å². The summed E-state index contributed by atoms with van der Waals surface area (Å²) in [4.78, 5) is 36.3. The predicted octanol–water partition coefficient (Wildman–Crippen LogP) is 2.19. The molecule has 2 rings (SSSR count). The molecule has 0 saturated carbocycles. The van der Waals surface area contributed by atoms with Crippen LogP contribution in [0.3, 0.4) is 0 Å². The molecule has 2 amide bonds. The van der Waals surface area contributed by atoms with Crippen molar-refractivity contribution in [2.45, 2.75) is 75.5 Å². The normalized spacial score (nSPS) is 18.8. The van der Waals surface area contributed by atoms with E-state index in [1.54, 1.807) is 39.0 Å². The molecule has 0 radical (unpaired) electrons. The molecule has 0 aromatic heterocycles. The first kappa shape index (κ1) is 27.6. The van der Waals surface area contributed by atoms with Crippen LogP contribution in [0, 0.1) is 0 Å². The smallest absolute Gasteiger partial charge is 0.407 e. The minimum absolute atomic E-state index is 0.0114. The van der Waals surface area contributed by atoms with Gasteiger partial charge in [0.25, 0.3) is 0 Å². The second-order valence-corrected chi connectivity index (χ2v) is 11.1. The molecule has 1 aliphatic heterocycles. The van der Waals surface area contributed by atoms with Crippen molar-refractivity contribution in [3.8, 4) is 0 Å². The van der Waals surface area contributed by atoms with E-state index < -0.39 is 39.8 Å². The number of amides is 2. The van der Waals surface area contributed by atoms with E-state index in [2.05, 4.69) is 10.6 Å². The molecule has 2 N–H and O–H groups in total. The van der Waals surface area contributed by atoms with Crippen LogP contribution in [-0.4, -0.2) is 68.6 Å². The van der Waals surface area contributed by atoms with Crippen molar-refractivity contribution in [1.29, 1.82) is 0 Å². The molecule has 1 aromatic carbocycles. The van der Waals surface area contributed by atoms with Crippen molar-refractivity contribution in [2.75, 3.05) is 20.2 Å². The SMILES string of the molecule is COC(=O)C1CC(NC(=O)CCCCCNC(=O)OC(C)(C)C)CN1S(=O)(=O)c1ccccc1. The van der Waals surface area contributed by atoms with Gasteiger partial charge in [-0.2, -0.15) is 4.31 Å². The first-order valence-electron chi connectivity index (χ1n) is 11.3. The number of nitrogens with one attached hydrogen (secondary N) is 2. The van der Waals surface area contributed by atoms with Gasteiger partial charge >= 0.3 is 12.1 Å². The summed E-state index contributed by atoms with van der Waals surface area (Å²) in [7, 11) is -2.71. The number of benzene rings is 1. The lowest BCUT2D eigenvalue weighted by Gasteiger charge is -2.21. The molecule has 2 atom stereocenters. The quantitative estimate of drug-likeness (QED) is 0.374. The lowest BCUT2D eigenvalue weighted by molar-refractivity contribution is -0.144. The maximum Gasteiger partial charge on any atom is 0.407 e. The van der Waals surface area contributed by atoms with Crippen molar-refractivity contribution in [2.24, 2.45) is 0 Å². The summed E-state index contributed by atoms with van der Waals surface area (Å²) < 4.78 is 37.2. The van der Waals surface area contributed by atoms with Crippen LogP contribution in [-0.2, 0) is 29.1 Å². The largest absolute Gasteiger partial charge is 0.468 e. The molecule has 190 valence electrons. The van der Waals surface area contributed by atoms with E-state index in [1.807, 2.05) is 0 Å². The van der Waals surface area contributed by atoms with Crippen LogP contribution in [0.1, 0.15) is 52.9 Å². The van der Waals surface area contributed by atoms with Crippen LogP contribution < -0.4 is 10.6 Å². The fraction of sp³-hybridized carbons (Fsp3) is 0.609. The lowest BCUT2D eigenvalue weighted by atomic mass is 10.1. The minimum atomic E-state index is -3.92. The molecule has 34 heavy (non-hydrogen) atoms. The molecule has 0 spiro atoms. The predicted molar refractivity (Wildman–Crippen MR) is 125 cm³/mol. The van der Waals surface area contributed by atoms with E-state index in [0.717, 1.165) is 10.7 Å². The van der Waals surface area contributed by atoms with Gasteiger partial charge in [-0.15, -0.1) is 0 Å². The Bertz CT molecular complexity index is 945. The van der Waals surface area contributed by atoms with E-state index in [-0.39, 0.29) is 30.2 Å². The van der Waals surface area contributed by atoms with Crippen LogP contribution in [0.25, 0.3) is 0 Å². The first-order valence-corrected chi connectivity index (χ1v) is 12.8. The number of sulfonamides is 1. The Morgan fingerprint density at radius 3 is 2.38 bits per heavy atom. The van der Waals surface area contributed by atoms with Crippen LogP contribution >= 0.6 is 0 Å². The maximum atomic E-state index is 13.1. The monoisotopic (exact) mass is 497 g/mol. The number of alkyl carbamates (subject to hydrolysis) is 1. The Kier molecular flexibility index (Phi) is 9.87. The Labute approximate surface area is 201 Å². The number of esters is 1. The van der Waals surface area contributed by atoms with Gasteiger partial charge in [0.2, 0.25) is 15.9 Å². The summed E-state index contributed by atoms with van der Waals surface area (Å²) in [6.07, 6.45) is 1.97.